The van der Waals surface area contributed by atoms with Crippen molar-refractivity contribution in [3.8, 4) is 0 Å². The summed E-state index contributed by atoms with van der Waals surface area (Å²) in [6.45, 7) is 2.97. The maximum absolute atomic E-state index is 12.2. The normalized spacial score (nSPS) is 16.1. The van der Waals surface area contributed by atoms with Gasteiger partial charge in [-0.15, -0.1) is 0 Å². The molecule has 1 heterocycles. The number of nitrogens with one attached hydrogen (secondary N) is 1. The number of hydrogen-bond donors (Lipinski definition) is 1. The van der Waals surface area contributed by atoms with Crippen molar-refractivity contribution in [3.63, 3.8) is 0 Å². The molecule has 1 aliphatic heterocycles. The van der Waals surface area contributed by atoms with Crippen molar-refractivity contribution in [2.75, 3.05) is 24.4 Å². The lowest BCUT2D eigenvalue weighted by Crippen LogP contribution is -2.33. The van der Waals surface area contributed by atoms with Crippen LogP contribution in [0.2, 0.25) is 0 Å². The van der Waals surface area contributed by atoms with Crippen LogP contribution in [-0.4, -0.2) is 38.4 Å². The van der Waals surface area contributed by atoms with E-state index < -0.39 is 16.2 Å². The van der Waals surface area contributed by atoms with E-state index in [1.807, 2.05) is 0 Å². The van der Waals surface area contributed by atoms with Crippen LogP contribution in [0.15, 0.2) is 24.3 Å². The minimum Gasteiger partial charge on any atom is -0.462 e. The van der Waals surface area contributed by atoms with E-state index in [4.69, 9.17) is 4.74 Å². The van der Waals surface area contributed by atoms with Gasteiger partial charge in [-0.1, -0.05) is 12.1 Å². The van der Waals surface area contributed by atoms with Crippen LogP contribution in [0.4, 0.5) is 5.69 Å². The van der Waals surface area contributed by atoms with Crippen molar-refractivity contribution in [1.29, 1.82) is 0 Å². The highest BCUT2D eigenvalue weighted by atomic mass is 32.2. The topological polar surface area (TPSA) is 75.7 Å². The lowest BCUT2D eigenvalue weighted by Gasteiger charge is -2.18. The minimum atomic E-state index is -3.61. The summed E-state index contributed by atoms with van der Waals surface area (Å²) in [5.41, 5.74) is 0.468. The predicted octanol–water partition coefficient (Wildman–Crippen LogP) is 1.62. The lowest BCUT2D eigenvalue weighted by molar-refractivity contribution is 0.0527. The Kier molecular flexibility index (Phi) is 4.61. The lowest BCUT2D eigenvalue weighted by atomic mass is 10.2. The van der Waals surface area contributed by atoms with Crippen LogP contribution in [0.5, 0.6) is 0 Å². The number of esters is 1. The number of anilines is 1. The average Bonchev–Trinajstić information content (AvgIpc) is 2.94. The molecule has 6 nitrogen and oxygen atoms in total. The summed E-state index contributed by atoms with van der Waals surface area (Å²) in [4.78, 5) is 11.8. The first kappa shape index (κ1) is 14.8. The van der Waals surface area contributed by atoms with Crippen LogP contribution in [0, 0.1) is 0 Å². The number of ether oxygens (including phenoxy) is 1. The second-order valence-electron chi connectivity index (χ2n) is 4.48. The third-order valence-electron chi connectivity index (χ3n) is 3.07. The van der Waals surface area contributed by atoms with Crippen LogP contribution < -0.4 is 4.72 Å². The maximum Gasteiger partial charge on any atom is 0.340 e. The van der Waals surface area contributed by atoms with Gasteiger partial charge in [0, 0.05) is 13.1 Å². The standard InChI is InChI=1S/C13H18N2O4S/c1-2-19-13(16)11-7-3-4-8-12(11)14-20(17,18)15-9-5-6-10-15/h3-4,7-8,14H,2,5-6,9-10H2,1H3. The van der Waals surface area contributed by atoms with Crippen molar-refractivity contribution in [2.45, 2.75) is 19.8 Å². The fraction of sp³-hybridized carbons (Fsp3) is 0.462. The summed E-state index contributed by atoms with van der Waals surface area (Å²) in [6, 6.07) is 6.43. The predicted molar refractivity (Wildman–Crippen MR) is 75.7 cm³/mol. The Hall–Kier alpha value is -1.60. The fourth-order valence-corrected chi connectivity index (χ4v) is 3.41. The SMILES string of the molecule is CCOC(=O)c1ccccc1NS(=O)(=O)N1CCCC1. The molecule has 0 atom stereocenters. The van der Waals surface area contributed by atoms with E-state index in [2.05, 4.69) is 4.72 Å². The molecule has 1 aliphatic rings. The molecule has 7 heteroatoms. The molecule has 0 aliphatic carbocycles. The second kappa shape index (κ2) is 6.23. The molecular weight excluding hydrogens is 280 g/mol. The number of carbonyl (C=O) groups is 1. The third-order valence-corrected chi connectivity index (χ3v) is 4.59. The molecule has 0 unspecified atom stereocenters. The fourth-order valence-electron chi connectivity index (χ4n) is 2.09. The van der Waals surface area contributed by atoms with E-state index >= 15 is 0 Å². The van der Waals surface area contributed by atoms with Gasteiger partial charge in [0.25, 0.3) is 0 Å². The molecule has 1 aromatic carbocycles. The molecule has 1 aromatic rings. The second-order valence-corrected chi connectivity index (χ2v) is 6.15. The highest BCUT2D eigenvalue weighted by molar-refractivity contribution is 7.90. The van der Waals surface area contributed by atoms with Crippen LogP contribution in [-0.2, 0) is 14.9 Å². The largest absolute Gasteiger partial charge is 0.462 e. The van der Waals surface area contributed by atoms with Crippen LogP contribution >= 0.6 is 0 Å². The number of benzene rings is 1. The molecule has 0 bridgehead atoms. The summed E-state index contributed by atoms with van der Waals surface area (Å²) < 4.78 is 33.2. The Morgan fingerprint density at radius 3 is 2.60 bits per heavy atom. The molecule has 0 amide bonds. The van der Waals surface area contributed by atoms with Gasteiger partial charge in [-0.3, -0.25) is 4.72 Å². The van der Waals surface area contributed by atoms with Gasteiger partial charge in [0.15, 0.2) is 0 Å². The van der Waals surface area contributed by atoms with Gasteiger partial charge >= 0.3 is 16.2 Å². The summed E-state index contributed by atoms with van der Waals surface area (Å²) in [6.07, 6.45) is 1.72. The number of nitrogens with zero attached hydrogens (tertiary/aromatic N) is 1. The van der Waals surface area contributed by atoms with E-state index in [-0.39, 0.29) is 17.9 Å². The van der Waals surface area contributed by atoms with Gasteiger partial charge in [-0.05, 0) is 31.9 Å². The zero-order chi connectivity index (χ0) is 14.6. The molecule has 0 aromatic heterocycles. The molecule has 0 spiro atoms. The smallest absolute Gasteiger partial charge is 0.340 e. The van der Waals surface area contributed by atoms with Gasteiger partial charge < -0.3 is 4.74 Å². The zero-order valence-corrected chi connectivity index (χ0v) is 12.1. The van der Waals surface area contributed by atoms with Gasteiger partial charge in [-0.25, -0.2) is 4.79 Å². The van der Waals surface area contributed by atoms with Crippen molar-refractivity contribution in [3.05, 3.63) is 29.8 Å². The highest BCUT2D eigenvalue weighted by Gasteiger charge is 2.26. The third kappa shape index (κ3) is 3.29. The summed E-state index contributed by atoms with van der Waals surface area (Å²) >= 11 is 0. The number of hydrogen-bond acceptors (Lipinski definition) is 4. The monoisotopic (exact) mass is 298 g/mol. The van der Waals surface area contributed by atoms with Crippen molar-refractivity contribution >= 4 is 21.9 Å². The Labute approximate surface area is 118 Å². The van der Waals surface area contributed by atoms with E-state index in [9.17, 15) is 13.2 Å². The summed E-state index contributed by atoms with van der Waals surface area (Å²) in [5, 5.41) is 0. The molecular formula is C13H18N2O4S. The first-order chi connectivity index (χ1) is 9.54. The molecule has 110 valence electrons. The average molecular weight is 298 g/mol. The number of rotatable bonds is 5. The number of para-hydroxylation sites is 1. The Balaban J connectivity index is 2.22. The van der Waals surface area contributed by atoms with E-state index in [0.29, 0.717) is 13.1 Å². The highest BCUT2D eigenvalue weighted by Crippen LogP contribution is 2.20. The molecule has 1 N–H and O–H groups in total. The van der Waals surface area contributed by atoms with Gasteiger partial charge in [-0.2, -0.15) is 12.7 Å². The Bertz CT molecular complexity index is 580. The first-order valence-corrected chi connectivity index (χ1v) is 8.02. The summed E-state index contributed by atoms with van der Waals surface area (Å²) in [5.74, 6) is -0.535. The quantitative estimate of drug-likeness (QED) is 0.838. The van der Waals surface area contributed by atoms with Gasteiger partial charge in [0.2, 0.25) is 0 Å². The maximum atomic E-state index is 12.2. The molecule has 20 heavy (non-hydrogen) atoms. The zero-order valence-electron chi connectivity index (χ0n) is 11.3. The van der Waals surface area contributed by atoms with Crippen LogP contribution in [0.3, 0.4) is 0 Å². The van der Waals surface area contributed by atoms with E-state index in [0.717, 1.165) is 12.8 Å². The van der Waals surface area contributed by atoms with Gasteiger partial charge in [0.05, 0.1) is 17.9 Å². The van der Waals surface area contributed by atoms with Crippen molar-refractivity contribution in [1.82, 2.24) is 4.31 Å². The Morgan fingerprint density at radius 2 is 1.95 bits per heavy atom. The van der Waals surface area contributed by atoms with Gasteiger partial charge in [0.1, 0.15) is 0 Å². The van der Waals surface area contributed by atoms with E-state index in [1.54, 1.807) is 31.2 Å². The van der Waals surface area contributed by atoms with Crippen LogP contribution in [0.1, 0.15) is 30.1 Å². The van der Waals surface area contributed by atoms with Crippen molar-refractivity contribution in [2.24, 2.45) is 0 Å². The summed E-state index contributed by atoms with van der Waals surface area (Å²) in [7, 11) is -3.61. The first-order valence-electron chi connectivity index (χ1n) is 6.58. The molecule has 2 rings (SSSR count). The number of carbonyl (C=O) groups excluding carboxylic acids is 1. The Morgan fingerprint density at radius 1 is 1.30 bits per heavy atom. The van der Waals surface area contributed by atoms with E-state index in [1.165, 1.54) is 4.31 Å². The van der Waals surface area contributed by atoms with Crippen molar-refractivity contribution < 1.29 is 17.9 Å². The minimum absolute atomic E-state index is 0.220. The molecule has 0 saturated carbocycles. The molecule has 1 fully saturated rings. The van der Waals surface area contributed by atoms with Crippen LogP contribution in [0.25, 0.3) is 0 Å². The molecule has 1 saturated heterocycles. The molecule has 0 radical (unpaired) electrons.